The number of pyridine rings is 1. The maximum atomic E-state index is 13.6. The first kappa shape index (κ1) is 31.3. The van der Waals surface area contributed by atoms with Crippen molar-refractivity contribution in [2.75, 3.05) is 5.32 Å². The second-order valence-corrected chi connectivity index (χ2v) is 10.2. The normalized spacial score (nSPS) is 11.0. The minimum absolute atomic E-state index is 0.142. The number of hydrogen-bond donors (Lipinski definition) is 4. The Labute approximate surface area is 240 Å². The zero-order valence-electron chi connectivity index (χ0n) is 23.4. The number of nitrogens with one attached hydrogen (secondary N) is 4. The first-order valence-electron chi connectivity index (χ1n) is 12.5. The summed E-state index contributed by atoms with van der Waals surface area (Å²) < 4.78 is 45.8. The van der Waals surface area contributed by atoms with E-state index < -0.39 is 46.8 Å². The van der Waals surface area contributed by atoms with Gasteiger partial charge in [-0.3, -0.25) is 25.6 Å². The summed E-state index contributed by atoms with van der Waals surface area (Å²) in [5.41, 5.74) is -0.596. The van der Waals surface area contributed by atoms with Gasteiger partial charge in [-0.2, -0.15) is 13.2 Å². The third kappa shape index (κ3) is 9.19. The highest BCUT2D eigenvalue weighted by molar-refractivity contribution is 6.08. The molecule has 3 aromatic rings. The maximum absolute atomic E-state index is 13.6. The van der Waals surface area contributed by atoms with Crippen molar-refractivity contribution in [3.63, 3.8) is 0 Å². The Balaban J connectivity index is 1.86. The number of alkyl carbamates (subject to hydrolysis) is 1. The SMILES string of the molecule is Cc1cccc(NC(=O)c2cc(C#Cc3cc(C(=O)NC(=N)NC(=O)OC(C)(C)C)cc(C(F)(F)F)c3)ccc2C)n1. The molecule has 218 valence electrons. The molecule has 3 rings (SSSR count). The van der Waals surface area contributed by atoms with Crippen molar-refractivity contribution in [2.45, 2.75) is 46.4 Å². The molecule has 0 saturated carbocycles. The molecule has 12 heteroatoms. The number of alkyl halides is 3. The monoisotopic (exact) mass is 579 g/mol. The zero-order chi connectivity index (χ0) is 31.2. The van der Waals surface area contributed by atoms with Gasteiger partial charge in [0.1, 0.15) is 11.4 Å². The molecule has 0 atom stereocenters. The van der Waals surface area contributed by atoms with Crippen molar-refractivity contribution in [1.82, 2.24) is 15.6 Å². The van der Waals surface area contributed by atoms with Gasteiger partial charge >= 0.3 is 12.3 Å². The van der Waals surface area contributed by atoms with Crippen LogP contribution in [0.15, 0.2) is 54.6 Å². The lowest BCUT2D eigenvalue weighted by atomic mass is 10.0. The lowest BCUT2D eigenvalue weighted by molar-refractivity contribution is -0.137. The van der Waals surface area contributed by atoms with Crippen LogP contribution in [0, 0.1) is 31.1 Å². The smallest absolute Gasteiger partial charge is 0.416 e. The van der Waals surface area contributed by atoms with Gasteiger partial charge in [0.15, 0.2) is 0 Å². The van der Waals surface area contributed by atoms with Gasteiger partial charge in [-0.15, -0.1) is 0 Å². The highest BCUT2D eigenvalue weighted by Crippen LogP contribution is 2.30. The molecule has 3 amide bonds. The molecule has 0 spiro atoms. The third-order valence-electron chi connectivity index (χ3n) is 5.35. The van der Waals surface area contributed by atoms with E-state index in [1.54, 1.807) is 65.0 Å². The molecule has 1 aromatic heterocycles. The van der Waals surface area contributed by atoms with Gasteiger partial charge in [0, 0.05) is 27.9 Å². The molecule has 0 radical (unpaired) electrons. The van der Waals surface area contributed by atoms with Crippen molar-refractivity contribution in [1.29, 1.82) is 5.41 Å². The van der Waals surface area contributed by atoms with E-state index in [4.69, 9.17) is 10.1 Å². The lowest BCUT2D eigenvalue weighted by Gasteiger charge is -2.19. The quantitative estimate of drug-likeness (QED) is 0.183. The summed E-state index contributed by atoms with van der Waals surface area (Å²) in [6, 6.07) is 12.4. The lowest BCUT2D eigenvalue weighted by Crippen LogP contribution is -2.45. The molecule has 4 N–H and O–H groups in total. The van der Waals surface area contributed by atoms with Crippen LogP contribution in [0.2, 0.25) is 0 Å². The van der Waals surface area contributed by atoms with Gasteiger partial charge < -0.3 is 10.1 Å². The molecule has 0 bridgehead atoms. The number of aryl methyl sites for hydroxylation is 2. The molecule has 9 nitrogen and oxygen atoms in total. The number of benzene rings is 2. The number of halogens is 3. The van der Waals surface area contributed by atoms with Gasteiger partial charge in [0.25, 0.3) is 11.8 Å². The molecule has 1 heterocycles. The number of carbonyl (C=O) groups is 3. The molecular formula is C30H28F3N5O4. The van der Waals surface area contributed by atoms with E-state index in [1.165, 1.54) is 6.07 Å². The number of ether oxygens (including phenoxy) is 1. The summed E-state index contributed by atoms with van der Waals surface area (Å²) in [7, 11) is 0. The molecule has 0 fully saturated rings. The van der Waals surface area contributed by atoms with E-state index in [2.05, 4.69) is 22.1 Å². The Morgan fingerprint density at radius 3 is 2.21 bits per heavy atom. The van der Waals surface area contributed by atoms with E-state index in [0.29, 0.717) is 28.6 Å². The summed E-state index contributed by atoms with van der Waals surface area (Å²) in [4.78, 5) is 41.6. The molecule has 42 heavy (non-hydrogen) atoms. The van der Waals surface area contributed by atoms with Crippen molar-refractivity contribution in [3.05, 3.63) is 93.7 Å². The van der Waals surface area contributed by atoms with Crippen molar-refractivity contribution in [3.8, 4) is 11.8 Å². The van der Waals surface area contributed by atoms with Gasteiger partial charge in [-0.05, 0) is 82.6 Å². The summed E-state index contributed by atoms with van der Waals surface area (Å²) in [5.74, 6) is 3.39. The number of rotatable bonds is 3. The number of anilines is 1. The number of hydrogen-bond acceptors (Lipinski definition) is 6. The second kappa shape index (κ2) is 12.6. The zero-order valence-corrected chi connectivity index (χ0v) is 23.4. The number of nitrogens with zero attached hydrogens (tertiary/aromatic N) is 1. The molecule has 0 aliphatic heterocycles. The first-order chi connectivity index (χ1) is 19.5. The van der Waals surface area contributed by atoms with Crippen LogP contribution in [0.3, 0.4) is 0 Å². The van der Waals surface area contributed by atoms with E-state index in [-0.39, 0.29) is 5.56 Å². The minimum atomic E-state index is -4.80. The number of amides is 3. The molecule has 0 aliphatic rings. The second-order valence-electron chi connectivity index (χ2n) is 10.2. The Morgan fingerprint density at radius 2 is 1.57 bits per heavy atom. The maximum Gasteiger partial charge on any atom is 0.416 e. The van der Waals surface area contributed by atoms with E-state index >= 15 is 0 Å². The average molecular weight is 580 g/mol. The predicted octanol–water partition coefficient (Wildman–Crippen LogP) is 5.56. The van der Waals surface area contributed by atoms with Gasteiger partial charge in [0.2, 0.25) is 5.96 Å². The Hall–Kier alpha value is -5.18. The first-order valence-corrected chi connectivity index (χ1v) is 12.5. The topological polar surface area (TPSA) is 133 Å². The van der Waals surface area contributed by atoms with Crippen LogP contribution in [0.5, 0.6) is 0 Å². The molecule has 2 aromatic carbocycles. The Morgan fingerprint density at radius 1 is 0.881 bits per heavy atom. The fraction of sp³-hybridized carbons (Fsp3) is 0.233. The summed E-state index contributed by atoms with van der Waals surface area (Å²) in [5, 5.41) is 14.4. The Bertz CT molecular complexity index is 1620. The van der Waals surface area contributed by atoms with Crippen LogP contribution < -0.4 is 16.0 Å². The predicted molar refractivity (Wildman–Crippen MR) is 150 cm³/mol. The number of guanidine groups is 1. The van der Waals surface area contributed by atoms with Crippen LogP contribution in [0.4, 0.5) is 23.8 Å². The summed E-state index contributed by atoms with van der Waals surface area (Å²) >= 11 is 0. The standard InChI is InChI=1S/C30H28F3N5O4/c1-17-9-10-19(15-23(17)26(40)36-24-8-6-7-18(2)35-24)11-12-20-13-21(16-22(14-20)30(31,32)33)25(39)37-27(34)38-28(41)42-29(3,4)5/h6-10,13-16H,1-5H3,(H,35,36,40)(H3,34,37,38,39,41). The van der Waals surface area contributed by atoms with E-state index in [1.807, 2.05) is 10.6 Å². The fourth-order valence-corrected chi connectivity index (χ4v) is 3.50. The van der Waals surface area contributed by atoms with Gasteiger partial charge in [-0.1, -0.05) is 24.0 Å². The molecule has 0 unspecified atom stereocenters. The van der Waals surface area contributed by atoms with Crippen LogP contribution in [0.1, 0.15) is 69.4 Å². The highest BCUT2D eigenvalue weighted by Gasteiger charge is 2.32. The molecular weight excluding hydrogens is 551 g/mol. The summed E-state index contributed by atoms with van der Waals surface area (Å²) in [6.07, 6.45) is -5.82. The van der Waals surface area contributed by atoms with E-state index in [0.717, 1.165) is 17.8 Å². The fourth-order valence-electron chi connectivity index (χ4n) is 3.50. The van der Waals surface area contributed by atoms with Crippen LogP contribution in [-0.4, -0.2) is 34.5 Å². The van der Waals surface area contributed by atoms with Crippen molar-refractivity contribution < 1.29 is 32.3 Å². The van der Waals surface area contributed by atoms with Crippen molar-refractivity contribution in [2.24, 2.45) is 0 Å². The number of carbonyl (C=O) groups excluding carboxylic acids is 3. The Kier molecular flexibility index (Phi) is 9.37. The van der Waals surface area contributed by atoms with Crippen LogP contribution >= 0.6 is 0 Å². The van der Waals surface area contributed by atoms with Gasteiger partial charge in [0.05, 0.1) is 5.56 Å². The van der Waals surface area contributed by atoms with Crippen LogP contribution in [0.25, 0.3) is 0 Å². The molecule has 0 aliphatic carbocycles. The van der Waals surface area contributed by atoms with Gasteiger partial charge in [-0.25, -0.2) is 9.78 Å². The van der Waals surface area contributed by atoms with E-state index in [9.17, 15) is 27.6 Å². The third-order valence-corrected chi connectivity index (χ3v) is 5.35. The van der Waals surface area contributed by atoms with Crippen molar-refractivity contribution >= 4 is 29.7 Å². The number of aromatic nitrogens is 1. The molecule has 0 saturated heterocycles. The highest BCUT2D eigenvalue weighted by atomic mass is 19.4. The largest absolute Gasteiger partial charge is 0.444 e. The summed E-state index contributed by atoms with van der Waals surface area (Å²) in [6.45, 7) is 8.28. The minimum Gasteiger partial charge on any atom is -0.444 e. The van der Waals surface area contributed by atoms with Crippen LogP contribution in [-0.2, 0) is 10.9 Å². The average Bonchev–Trinajstić information content (AvgIpc) is 2.86.